The van der Waals surface area contributed by atoms with Gasteiger partial charge in [-0.2, -0.15) is 0 Å². The number of benzene rings is 1. The van der Waals surface area contributed by atoms with E-state index in [0.717, 1.165) is 65.0 Å². The Hall–Kier alpha value is -2.29. The van der Waals surface area contributed by atoms with Crippen LogP contribution in [0.15, 0.2) is 40.7 Å². The number of carbonyl (C=O) groups excluding carboxylic acids is 1. The highest BCUT2D eigenvalue weighted by Gasteiger charge is 2.67. The highest BCUT2D eigenvalue weighted by Crippen LogP contribution is 2.65. The number of phenols is 1. The van der Waals surface area contributed by atoms with E-state index in [2.05, 4.69) is 46.2 Å². The molecular formula is C31H37BrN2O4S. The van der Waals surface area contributed by atoms with Crippen LogP contribution in [0.2, 0.25) is 0 Å². The van der Waals surface area contributed by atoms with Gasteiger partial charge in [0, 0.05) is 62.5 Å². The Labute approximate surface area is 243 Å². The Morgan fingerprint density at radius 2 is 2.23 bits per heavy atom. The highest BCUT2D eigenvalue weighted by atomic mass is 79.9. The van der Waals surface area contributed by atoms with Crippen molar-refractivity contribution in [2.75, 3.05) is 26.7 Å². The molecule has 0 radical (unpaired) electrons. The number of amides is 1. The second-order valence-electron chi connectivity index (χ2n) is 11.8. The third kappa shape index (κ3) is 4.25. The Morgan fingerprint density at radius 3 is 2.92 bits per heavy atom. The van der Waals surface area contributed by atoms with Gasteiger partial charge >= 0.3 is 0 Å². The van der Waals surface area contributed by atoms with Crippen LogP contribution in [0.4, 0.5) is 0 Å². The molecule has 2 aliphatic carbocycles. The van der Waals surface area contributed by atoms with Gasteiger partial charge in [-0.25, -0.2) is 0 Å². The molecule has 8 heteroatoms. The van der Waals surface area contributed by atoms with Crippen LogP contribution in [0.25, 0.3) is 6.08 Å². The van der Waals surface area contributed by atoms with Crippen LogP contribution in [0.3, 0.4) is 0 Å². The van der Waals surface area contributed by atoms with Crippen LogP contribution in [0.5, 0.6) is 17.2 Å². The minimum absolute atomic E-state index is 0.0270. The summed E-state index contributed by atoms with van der Waals surface area (Å²) in [6.45, 7) is 10.8. The fourth-order valence-corrected chi connectivity index (χ4v) is 9.30. The third-order valence-corrected chi connectivity index (χ3v) is 11.0. The fourth-order valence-electron chi connectivity index (χ4n) is 7.96. The zero-order chi connectivity index (χ0) is 27.5. The number of thiophene rings is 1. The molecule has 3 heterocycles. The molecular weight excluding hydrogens is 576 g/mol. The minimum atomic E-state index is -0.252. The van der Waals surface area contributed by atoms with E-state index in [1.807, 2.05) is 23.6 Å². The van der Waals surface area contributed by atoms with E-state index < -0.39 is 0 Å². The lowest BCUT2D eigenvalue weighted by molar-refractivity contribution is -0.138. The number of halogens is 1. The second-order valence-corrected chi connectivity index (χ2v) is 13.7. The van der Waals surface area contributed by atoms with E-state index in [4.69, 9.17) is 9.47 Å². The van der Waals surface area contributed by atoms with Gasteiger partial charge in [-0.05, 0) is 72.1 Å². The van der Waals surface area contributed by atoms with Crippen LogP contribution in [-0.4, -0.2) is 65.7 Å². The molecule has 1 amide bonds. The number of aromatic hydroxyl groups is 1. The quantitative estimate of drug-likeness (QED) is 0.292. The first kappa shape index (κ1) is 26.9. The summed E-state index contributed by atoms with van der Waals surface area (Å²) in [6, 6.07) is 3.99. The summed E-state index contributed by atoms with van der Waals surface area (Å²) in [7, 11) is 1.64. The van der Waals surface area contributed by atoms with E-state index in [1.165, 1.54) is 0 Å². The number of rotatable bonds is 8. The molecule has 2 aliphatic heterocycles. The molecule has 0 unspecified atom stereocenters. The largest absolute Gasteiger partial charge is 0.508 e. The Kier molecular flexibility index (Phi) is 7.09. The lowest BCUT2D eigenvalue weighted by atomic mass is 9.50. The number of hydrogen-bond donors (Lipinski definition) is 1. The molecule has 4 aliphatic rings. The van der Waals surface area contributed by atoms with Crippen LogP contribution in [0.1, 0.15) is 49.1 Å². The molecule has 1 saturated heterocycles. The zero-order valence-corrected chi connectivity index (χ0v) is 25.3. The van der Waals surface area contributed by atoms with Gasteiger partial charge in [0.05, 0.1) is 13.2 Å². The number of carbonyl (C=O) groups is 1. The van der Waals surface area contributed by atoms with Crippen LogP contribution in [-0.2, 0) is 16.6 Å². The molecule has 1 aromatic carbocycles. The van der Waals surface area contributed by atoms with Gasteiger partial charge in [-0.3, -0.25) is 9.69 Å². The Bertz CT molecular complexity index is 1320. The molecule has 1 spiro atoms. The van der Waals surface area contributed by atoms with Crippen LogP contribution >= 0.6 is 27.3 Å². The molecule has 2 aromatic rings. The van der Waals surface area contributed by atoms with Crippen molar-refractivity contribution in [2.24, 2.45) is 11.8 Å². The molecule has 2 fully saturated rings. The minimum Gasteiger partial charge on any atom is -0.508 e. The second kappa shape index (κ2) is 10.3. The van der Waals surface area contributed by atoms with Gasteiger partial charge in [0.15, 0.2) is 11.5 Å². The number of phenolic OH excluding ortho intramolecular Hbond substituents is 1. The van der Waals surface area contributed by atoms with Crippen molar-refractivity contribution in [3.05, 3.63) is 56.7 Å². The topological polar surface area (TPSA) is 62.2 Å². The van der Waals surface area contributed by atoms with Crippen molar-refractivity contribution in [3.63, 3.8) is 0 Å². The summed E-state index contributed by atoms with van der Waals surface area (Å²) in [5.74, 6) is 2.39. The number of piperidine rings is 1. The molecule has 6 rings (SSSR count). The average molecular weight is 614 g/mol. The van der Waals surface area contributed by atoms with Crippen molar-refractivity contribution in [1.29, 1.82) is 0 Å². The number of likely N-dealkylation sites (tertiary alicyclic amines) is 1. The van der Waals surface area contributed by atoms with Gasteiger partial charge in [0.1, 0.15) is 11.9 Å². The monoisotopic (exact) mass is 612 g/mol. The van der Waals surface area contributed by atoms with Gasteiger partial charge in [0.2, 0.25) is 5.91 Å². The SMILES string of the molecule is C=CCN1CC[C@]23c4c5c(O)cc(OC)c4O[C@H]2[C@H](N(CC(C)C)C(=O)/C=C/c2cc(Br)cs2)CC[C@H]3[C@H]1C5. The van der Waals surface area contributed by atoms with Gasteiger partial charge < -0.3 is 19.5 Å². The summed E-state index contributed by atoms with van der Waals surface area (Å²) in [5, 5.41) is 13.2. The highest BCUT2D eigenvalue weighted by molar-refractivity contribution is 9.10. The zero-order valence-electron chi connectivity index (χ0n) is 22.9. The third-order valence-electron chi connectivity index (χ3n) is 9.30. The van der Waals surface area contributed by atoms with Crippen molar-refractivity contribution in [3.8, 4) is 17.2 Å². The smallest absolute Gasteiger partial charge is 0.246 e. The van der Waals surface area contributed by atoms with Gasteiger partial charge in [-0.1, -0.05) is 19.9 Å². The van der Waals surface area contributed by atoms with Crippen molar-refractivity contribution >= 4 is 39.2 Å². The van der Waals surface area contributed by atoms with E-state index >= 15 is 0 Å². The number of ether oxygens (including phenoxy) is 2. The van der Waals surface area contributed by atoms with Crippen molar-refractivity contribution < 1.29 is 19.4 Å². The molecule has 39 heavy (non-hydrogen) atoms. The van der Waals surface area contributed by atoms with E-state index in [9.17, 15) is 9.90 Å². The first-order valence-corrected chi connectivity index (χ1v) is 15.6. The molecule has 208 valence electrons. The molecule has 1 saturated carbocycles. The lowest BCUT2D eigenvalue weighted by Gasteiger charge is -2.60. The fraction of sp³-hybridized carbons (Fsp3) is 0.516. The summed E-state index contributed by atoms with van der Waals surface area (Å²) in [6.07, 6.45) is 9.09. The molecule has 5 atom stereocenters. The van der Waals surface area contributed by atoms with Crippen LogP contribution in [0, 0.1) is 11.8 Å². The molecule has 1 aromatic heterocycles. The maximum atomic E-state index is 13.9. The van der Waals surface area contributed by atoms with Crippen LogP contribution < -0.4 is 9.47 Å². The van der Waals surface area contributed by atoms with Gasteiger partial charge in [0.25, 0.3) is 0 Å². The normalized spacial score (nSPS) is 28.8. The summed E-state index contributed by atoms with van der Waals surface area (Å²) in [4.78, 5) is 19.5. The Balaban J connectivity index is 1.43. The van der Waals surface area contributed by atoms with Gasteiger partial charge in [-0.15, -0.1) is 17.9 Å². The summed E-state index contributed by atoms with van der Waals surface area (Å²) in [5.41, 5.74) is 1.89. The van der Waals surface area contributed by atoms with E-state index in [1.54, 1.807) is 30.6 Å². The predicted molar refractivity (Wildman–Crippen MR) is 159 cm³/mol. The van der Waals surface area contributed by atoms with Crippen molar-refractivity contribution in [2.45, 2.75) is 63.1 Å². The number of nitrogens with zero attached hydrogens (tertiary/aromatic N) is 2. The first-order valence-electron chi connectivity index (χ1n) is 14.0. The number of methoxy groups -OCH3 is 1. The average Bonchev–Trinajstić information content (AvgIpc) is 3.48. The lowest BCUT2D eigenvalue weighted by Crippen LogP contribution is -2.69. The summed E-state index contributed by atoms with van der Waals surface area (Å²) < 4.78 is 13.7. The standard InChI is InChI=1S/C31H37BrN2O4S/c1-5-11-33-12-10-31-22-7-8-23(34(16-18(2)3)27(36)9-6-20-13-19(32)17-39-20)30(31)38-29-26(37-4)15-25(35)21(28(29)31)14-24(22)33/h5-6,9,13,15,17-18,22-24,30,35H,1,7-8,10-12,14,16H2,2-4H3/b9-6+/t22-,23+,24+,30-,31-/m0/s1. The summed E-state index contributed by atoms with van der Waals surface area (Å²) >= 11 is 5.12. The first-order chi connectivity index (χ1) is 18.8. The molecule has 6 nitrogen and oxygen atoms in total. The maximum Gasteiger partial charge on any atom is 0.246 e. The van der Waals surface area contributed by atoms with E-state index in [0.29, 0.717) is 35.9 Å². The predicted octanol–water partition coefficient (Wildman–Crippen LogP) is 6.02. The molecule has 1 N–H and O–H groups in total. The van der Waals surface area contributed by atoms with E-state index in [-0.39, 0.29) is 23.5 Å². The maximum absolute atomic E-state index is 13.9. The van der Waals surface area contributed by atoms with Crippen molar-refractivity contribution in [1.82, 2.24) is 9.80 Å². The molecule has 2 bridgehead atoms. The Morgan fingerprint density at radius 1 is 1.41 bits per heavy atom. The number of hydrogen-bond acceptors (Lipinski definition) is 6.